The average molecular weight is 302 g/mol. The average Bonchev–Trinajstić information content (AvgIpc) is 2.36. The van der Waals surface area contributed by atoms with Gasteiger partial charge in [0.2, 0.25) is 0 Å². The lowest BCUT2D eigenvalue weighted by molar-refractivity contribution is -0.0830. The lowest BCUT2D eigenvalue weighted by Crippen LogP contribution is -2.45. The Hall–Kier alpha value is -0.280. The third kappa shape index (κ3) is 3.63. The van der Waals surface area contributed by atoms with Crippen LogP contribution in [0.4, 0.5) is 0 Å². The summed E-state index contributed by atoms with van der Waals surface area (Å²) in [6, 6.07) is 6.00. The normalized spacial score (nSPS) is 18.9. The molecule has 1 aromatic carbocycles. The smallest absolute Gasteiger partial charge is 0.0693 e. The van der Waals surface area contributed by atoms with Crippen molar-refractivity contribution in [1.29, 1.82) is 0 Å². The minimum absolute atomic E-state index is 0.0682. The Bertz CT molecular complexity index is 427. The molecule has 0 amide bonds. The molecule has 1 unspecified atom stereocenters. The second-order valence-electron chi connectivity index (χ2n) is 5.37. The summed E-state index contributed by atoms with van der Waals surface area (Å²) in [5, 5.41) is 4.89. The molecule has 0 aromatic heterocycles. The molecule has 0 saturated heterocycles. The maximum Gasteiger partial charge on any atom is 0.0693 e. The lowest BCUT2D eigenvalue weighted by Gasteiger charge is -2.43. The summed E-state index contributed by atoms with van der Waals surface area (Å²) < 4.78 is 5.70. The second-order valence-corrected chi connectivity index (χ2v) is 6.21. The fourth-order valence-corrected chi connectivity index (χ4v) is 3.14. The number of ether oxygens (including phenoxy) is 1. The number of benzene rings is 1. The molecule has 1 fully saturated rings. The summed E-state index contributed by atoms with van der Waals surface area (Å²) in [5.74, 6) is 0. The number of hydrogen-bond acceptors (Lipinski definition) is 2. The van der Waals surface area contributed by atoms with Crippen molar-refractivity contribution in [2.45, 2.75) is 43.7 Å². The van der Waals surface area contributed by atoms with Gasteiger partial charge in [-0.25, -0.2) is 0 Å². The van der Waals surface area contributed by atoms with Crippen LogP contribution in [0.2, 0.25) is 10.0 Å². The van der Waals surface area contributed by atoms with Crippen molar-refractivity contribution in [1.82, 2.24) is 5.32 Å². The predicted octanol–water partition coefficient (Wildman–Crippen LogP) is 4.08. The van der Waals surface area contributed by atoms with E-state index in [1.165, 1.54) is 6.42 Å². The van der Waals surface area contributed by atoms with Gasteiger partial charge in [-0.1, -0.05) is 23.2 Å². The van der Waals surface area contributed by atoms with Crippen molar-refractivity contribution in [3.8, 4) is 0 Å². The molecule has 1 saturated carbocycles. The monoisotopic (exact) mass is 301 g/mol. The van der Waals surface area contributed by atoms with Crippen molar-refractivity contribution < 1.29 is 4.74 Å². The first-order valence-electron chi connectivity index (χ1n) is 6.75. The SMILES string of the molecule is CNC(Cc1cc(Cl)ccc1Cl)CC1(OC)CCC1. The summed E-state index contributed by atoms with van der Waals surface area (Å²) in [7, 11) is 3.81. The van der Waals surface area contributed by atoms with Crippen LogP contribution in [0.5, 0.6) is 0 Å². The zero-order chi connectivity index (χ0) is 13.9. The van der Waals surface area contributed by atoms with Gasteiger partial charge in [0.15, 0.2) is 0 Å². The Morgan fingerprint density at radius 2 is 2.11 bits per heavy atom. The highest BCUT2D eigenvalue weighted by molar-refractivity contribution is 6.33. The summed E-state index contributed by atoms with van der Waals surface area (Å²) in [5.41, 5.74) is 1.16. The molecule has 1 atom stereocenters. The van der Waals surface area contributed by atoms with E-state index in [0.29, 0.717) is 6.04 Å². The molecular formula is C15H21Cl2NO. The van der Waals surface area contributed by atoms with Crippen LogP contribution in [0.1, 0.15) is 31.2 Å². The fraction of sp³-hybridized carbons (Fsp3) is 0.600. The van der Waals surface area contributed by atoms with Crippen molar-refractivity contribution in [2.75, 3.05) is 14.2 Å². The van der Waals surface area contributed by atoms with Crippen molar-refractivity contribution in [3.05, 3.63) is 33.8 Å². The van der Waals surface area contributed by atoms with E-state index >= 15 is 0 Å². The number of methoxy groups -OCH3 is 1. The standard InChI is InChI=1S/C15H21Cl2NO/c1-18-13(10-15(19-2)6-3-7-15)9-11-8-12(16)4-5-14(11)17/h4-5,8,13,18H,3,6-7,9-10H2,1-2H3. The third-order valence-corrected chi connectivity index (χ3v) is 4.80. The second kappa shape index (κ2) is 6.45. The van der Waals surface area contributed by atoms with Gasteiger partial charge in [0.05, 0.1) is 5.60 Å². The predicted molar refractivity (Wildman–Crippen MR) is 81.2 cm³/mol. The zero-order valence-corrected chi connectivity index (χ0v) is 13.0. The van der Waals surface area contributed by atoms with Crippen LogP contribution in [0.15, 0.2) is 18.2 Å². The van der Waals surface area contributed by atoms with Crippen LogP contribution < -0.4 is 5.32 Å². The van der Waals surface area contributed by atoms with Gasteiger partial charge in [-0.05, 0) is 62.9 Å². The number of rotatable bonds is 6. The van der Waals surface area contributed by atoms with E-state index in [1.54, 1.807) is 0 Å². The van der Waals surface area contributed by atoms with E-state index in [1.807, 2.05) is 32.4 Å². The van der Waals surface area contributed by atoms with Crippen molar-refractivity contribution >= 4 is 23.2 Å². The Balaban J connectivity index is 2.04. The highest BCUT2D eigenvalue weighted by atomic mass is 35.5. The molecule has 1 aromatic rings. The van der Waals surface area contributed by atoms with E-state index < -0.39 is 0 Å². The minimum Gasteiger partial charge on any atom is -0.378 e. The summed E-state index contributed by atoms with van der Waals surface area (Å²) in [4.78, 5) is 0. The maximum absolute atomic E-state index is 6.23. The lowest BCUT2D eigenvalue weighted by atomic mass is 9.75. The molecule has 0 spiro atoms. The van der Waals surface area contributed by atoms with Gasteiger partial charge in [-0.15, -0.1) is 0 Å². The first-order valence-corrected chi connectivity index (χ1v) is 7.50. The van der Waals surface area contributed by atoms with Gasteiger partial charge in [0.25, 0.3) is 0 Å². The quantitative estimate of drug-likeness (QED) is 0.855. The molecule has 0 aliphatic heterocycles. The molecule has 2 nitrogen and oxygen atoms in total. The molecule has 2 rings (SSSR count). The van der Waals surface area contributed by atoms with Gasteiger partial charge in [-0.2, -0.15) is 0 Å². The number of nitrogens with one attached hydrogen (secondary N) is 1. The van der Waals surface area contributed by atoms with E-state index in [0.717, 1.165) is 41.3 Å². The molecule has 0 radical (unpaired) electrons. The number of hydrogen-bond donors (Lipinski definition) is 1. The van der Waals surface area contributed by atoms with Gasteiger partial charge in [0, 0.05) is 23.2 Å². The molecule has 4 heteroatoms. The first kappa shape index (κ1) is 15.1. The first-order chi connectivity index (χ1) is 9.08. The number of halogens is 2. The van der Waals surface area contributed by atoms with Crippen LogP contribution in [-0.2, 0) is 11.2 Å². The molecule has 106 valence electrons. The molecule has 19 heavy (non-hydrogen) atoms. The topological polar surface area (TPSA) is 21.3 Å². The molecular weight excluding hydrogens is 281 g/mol. The largest absolute Gasteiger partial charge is 0.378 e. The van der Waals surface area contributed by atoms with E-state index in [2.05, 4.69) is 5.32 Å². The van der Waals surface area contributed by atoms with Gasteiger partial charge in [-0.3, -0.25) is 0 Å². The van der Waals surface area contributed by atoms with E-state index in [-0.39, 0.29) is 5.60 Å². The van der Waals surface area contributed by atoms with Gasteiger partial charge < -0.3 is 10.1 Å². The van der Waals surface area contributed by atoms with E-state index in [9.17, 15) is 0 Å². The van der Waals surface area contributed by atoms with Crippen LogP contribution in [0.3, 0.4) is 0 Å². The van der Waals surface area contributed by atoms with Gasteiger partial charge >= 0.3 is 0 Å². The van der Waals surface area contributed by atoms with Crippen molar-refractivity contribution in [3.63, 3.8) is 0 Å². The summed E-state index contributed by atoms with van der Waals surface area (Å²) in [6.45, 7) is 0. The van der Waals surface area contributed by atoms with Crippen LogP contribution >= 0.6 is 23.2 Å². The molecule has 1 aliphatic carbocycles. The fourth-order valence-electron chi connectivity index (χ4n) is 2.75. The molecule has 0 heterocycles. The zero-order valence-electron chi connectivity index (χ0n) is 11.5. The Morgan fingerprint density at radius 3 is 2.63 bits per heavy atom. The highest BCUT2D eigenvalue weighted by Crippen LogP contribution is 2.39. The minimum atomic E-state index is 0.0682. The van der Waals surface area contributed by atoms with Crippen molar-refractivity contribution in [2.24, 2.45) is 0 Å². The third-order valence-electron chi connectivity index (χ3n) is 4.20. The Labute approximate surface area is 125 Å². The summed E-state index contributed by atoms with van der Waals surface area (Å²) >= 11 is 12.3. The van der Waals surface area contributed by atoms with Crippen LogP contribution in [-0.4, -0.2) is 25.8 Å². The van der Waals surface area contributed by atoms with Crippen LogP contribution in [0.25, 0.3) is 0 Å². The molecule has 1 N–H and O–H groups in total. The maximum atomic E-state index is 6.23. The highest BCUT2D eigenvalue weighted by Gasteiger charge is 2.38. The van der Waals surface area contributed by atoms with E-state index in [4.69, 9.17) is 27.9 Å². The summed E-state index contributed by atoms with van der Waals surface area (Å²) in [6.07, 6.45) is 5.47. The Kier molecular flexibility index (Phi) is 5.13. The van der Waals surface area contributed by atoms with Gasteiger partial charge in [0.1, 0.15) is 0 Å². The van der Waals surface area contributed by atoms with Crippen LogP contribution in [0, 0.1) is 0 Å². The Morgan fingerprint density at radius 1 is 1.37 bits per heavy atom. The number of likely N-dealkylation sites (N-methyl/N-ethyl adjacent to an activating group) is 1. The molecule has 1 aliphatic rings. The molecule has 0 bridgehead atoms.